The molecule has 19 heavy (non-hydrogen) atoms. The van der Waals surface area contributed by atoms with E-state index < -0.39 is 0 Å². The number of hydrogen-bond donors (Lipinski definition) is 1. The average Bonchev–Trinajstić information content (AvgIpc) is 2.91. The maximum Gasteiger partial charge on any atom is 0.278 e. The van der Waals surface area contributed by atoms with Crippen molar-refractivity contribution in [1.82, 2.24) is 19.7 Å². The second-order valence-electron chi connectivity index (χ2n) is 4.15. The Balaban J connectivity index is 1.88. The molecule has 0 saturated heterocycles. The van der Waals surface area contributed by atoms with E-state index in [9.17, 15) is 4.79 Å². The lowest BCUT2D eigenvalue weighted by Gasteiger charge is -1.98. The molecule has 0 aliphatic rings. The third kappa shape index (κ3) is 2.19. The molecule has 6 nitrogen and oxygen atoms in total. The Morgan fingerprint density at radius 1 is 1.47 bits per heavy atom. The number of anilines is 1. The summed E-state index contributed by atoms with van der Waals surface area (Å²) in [5, 5.41) is 7.45. The highest BCUT2D eigenvalue weighted by molar-refractivity contribution is 7.22. The molecule has 3 heterocycles. The Labute approximate surface area is 113 Å². The molecule has 0 saturated carbocycles. The third-order valence-electron chi connectivity index (χ3n) is 2.64. The highest BCUT2D eigenvalue weighted by Gasteiger charge is 2.15. The largest absolute Gasteiger partial charge is 0.296 e. The van der Waals surface area contributed by atoms with Gasteiger partial charge in [0, 0.05) is 31.2 Å². The van der Waals surface area contributed by atoms with Crippen LogP contribution < -0.4 is 5.32 Å². The Bertz CT molecular complexity index is 727. The summed E-state index contributed by atoms with van der Waals surface area (Å²) in [6.45, 7) is 1.85. The van der Waals surface area contributed by atoms with Crippen molar-refractivity contribution in [1.29, 1.82) is 0 Å². The lowest BCUT2D eigenvalue weighted by atomic mass is 10.3. The van der Waals surface area contributed by atoms with Crippen LogP contribution in [0.1, 0.15) is 16.1 Å². The first-order valence-corrected chi connectivity index (χ1v) is 6.47. The summed E-state index contributed by atoms with van der Waals surface area (Å²) >= 11 is 1.39. The van der Waals surface area contributed by atoms with Crippen LogP contribution in [0.15, 0.2) is 24.7 Å². The van der Waals surface area contributed by atoms with E-state index in [1.807, 2.05) is 13.0 Å². The Morgan fingerprint density at radius 3 is 3.00 bits per heavy atom. The van der Waals surface area contributed by atoms with Gasteiger partial charge in [-0.1, -0.05) is 11.3 Å². The number of carbonyl (C=O) groups is 1. The van der Waals surface area contributed by atoms with Gasteiger partial charge >= 0.3 is 0 Å². The SMILES string of the molecule is Cc1cn(C)nc1C(=O)Nc1nc2ccncc2s1. The van der Waals surface area contributed by atoms with Gasteiger partial charge in [0.1, 0.15) is 0 Å². The van der Waals surface area contributed by atoms with Gasteiger partial charge < -0.3 is 0 Å². The van der Waals surface area contributed by atoms with Crippen LogP contribution in [0.5, 0.6) is 0 Å². The third-order valence-corrected chi connectivity index (χ3v) is 3.56. The van der Waals surface area contributed by atoms with Crippen molar-refractivity contribution in [3.8, 4) is 0 Å². The molecule has 0 aromatic carbocycles. The second kappa shape index (κ2) is 4.43. The molecular weight excluding hydrogens is 262 g/mol. The number of nitrogens with one attached hydrogen (secondary N) is 1. The fourth-order valence-electron chi connectivity index (χ4n) is 1.82. The summed E-state index contributed by atoms with van der Waals surface area (Å²) in [5.41, 5.74) is 2.08. The summed E-state index contributed by atoms with van der Waals surface area (Å²) in [6, 6.07) is 1.81. The predicted octanol–water partition coefficient (Wildman–Crippen LogP) is 1.99. The van der Waals surface area contributed by atoms with Crippen LogP contribution in [-0.2, 0) is 7.05 Å². The predicted molar refractivity (Wildman–Crippen MR) is 73.3 cm³/mol. The van der Waals surface area contributed by atoms with Gasteiger partial charge in [0.2, 0.25) is 0 Å². The first-order valence-electron chi connectivity index (χ1n) is 5.65. The first-order chi connectivity index (χ1) is 9.13. The summed E-state index contributed by atoms with van der Waals surface area (Å²) in [5.74, 6) is -0.245. The fraction of sp³-hybridized carbons (Fsp3) is 0.167. The van der Waals surface area contributed by atoms with Crippen molar-refractivity contribution in [3.63, 3.8) is 0 Å². The number of aryl methyl sites for hydroxylation is 2. The number of hydrogen-bond acceptors (Lipinski definition) is 5. The molecule has 0 radical (unpaired) electrons. The molecule has 1 N–H and O–H groups in total. The van der Waals surface area contributed by atoms with E-state index in [0.29, 0.717) is 10.8 Å². The molecule has 0 fully saturated rings. The van der Waals surface area contributed by atoms with Crippen molar-refractivity contribution >= 4 is 32.6 Å². The summed E-state index contributed by atoms with van der Waals surface area (Å²) in [7, 11) is 1.78. The van der Waals surface area contributed by atoms with Crippen LogP contribution in [0.4, 0.5) is 5.13 Å². The number of thiazole rings is 1. The molecule has 3 rings (SSSR count). The molecule has 0 unspecified atom stereocenters. The Morgan fingerprint density at radius 2 is 2.32 bits per heavy atom. The van der Waals surface area contributed by atoms with Gasteiger partial charge in [-0.05, 0) is 13.0 Å². The van der Waals surface area contributed by atoms with E-state index in [1.165, 1.54) is 11.3 Å². The minimum absolute atomic E-state index is 0.245. The standard InChI is InChI=1S/C12H11N5OS/c1-7-6-17(2)16-10(7)11(18)15-12-14-8-3-4-13-5-9(8)19-12/h3-6H,1-2H3,(H,14,15,18). The van der Waals surface area contributed by atoms with Crippen molar-refractivity contribution in [3.05, 3.63) is 35.9 Å². The van der Waals surface area contributed by atoms with Gasteiger partial charge in [0.05, 0.1) is 10.2 Å². The number of rotatable bonds is 2. The number of pyridine rings is 1. The van der Waals surface area contributed by atoms with E-state index in [1.54, 1.807) is 30.3 Å². The van der Waals surface area contributed by atoms with Crippen LogP contribution in [0.2, 0.25) is 0 Å². The smallest absolute Gasteiger partial charge is 0.278 e. The number of carbonyl (C=O) groups excluding carboxylic acids is 1. The Kier molecular flexibility index (Phi) is 2.75. The zero-order valence-electron chi connectivity index (χ0n) is 10.4. The minimum atomic E-state index is -0.245. The maximum absolute atomic E-state index is 12.1. The van der Waals surface area contributed by atoms with Crippen molar-refractivity contribution in [2.75, 3.05) is 5.32 Å². The quantitative estimate of drug-likeness (QED) is 0.775. The lowest BCUT2D eigenvalue weighted by Crippen LogP contribution is -2.13. The summed E-state index contributed by atoms with van der Waals surface area (Å²) in [6.07, 6.45) is 5.21. The molecular formula is C12H11N5OS. The normalized spacial score (nSPS) is 10.8. The summed E-state index contributed by atoms with van der Waals surface area (Å²) in [4.78, 5) is 20.4. The highest BCUT2D eigenvalue weighted by atomic mass is 32.1. The number of fused-ring (bicyclic) bond motifs is 1. The number of amides is 1. The van der Waals surface area contributed by atoms with E-state index >= 15 is 0 Å². The Hall–Kier alpha value is -2.28. The number of aromatic nitrogens is 4. The van der Waals surface area contributed by atoms with Crippen molar-refractivity contribution in [2.45, 2.75) is 6.92 Å². The molecule has 0 atom stereocenters. The molecule has 7 heteroatoms. The van der Waals surface area contributed by atoms with E-state index in [2.05, 4.69) is 20.4 Å². The van der Waals surface area contributed by atoms with Crippen molar-refractivity contribution in [2.24, 2.45) is 7.05 Å². The highest BCUT2D eigenvalue weighted by Crippen LogP contribution is 2.25. The van der Waals surface area contributed by atoms with Crippen LogP contribution in [0.25, 0.3) is 10.2 Å². The fourth-order valence-corrected chi connectivity index (χ4v) is 2.65. The second-order valence-corrected chi connectivity index (χ2v) is 5.18. The zero-order valence-corrected chi connectivity index (χ0v) is 11.2. The van der Waals surface area contributed by atoms with Crippen LogP contribution in [-0.4, -0.2) is 25.7 Å². The van der Waals surface area contributed by atoms with Gasteiger partial charge in [0.25, 0.3) is 5.91 Å². The molecule has 0 aliphatic carbocycles. The lowest BCUT2D eigenvalue weighted by molar-refractivity contribution is 0.102. The summed E-state index contributed by atoms with van der Waals surface area (Å²) < 4.78 is 2.56. The molecule has 96 valence electrons. The monoisotopic (exact) mass is 273 g/mol. The van der Waals surface area contributed by atoms with Gasteiger partial charge in [0.15, 0.2) is 10.8 Å². The first kappa shape index (κ1) is 11.8. The molecule has 0 aliphatic heterocycles. The zero-order chi connectivity index (χ0) is 13.4. The van der Waals surface area contributed by atoms with Crippen molar-refractivity contribution < 1.29 is 4.79 Å². The van der Waals surface area contributed by atoms with Gasteiger partial charge in [-0.2, -0.15) is 5.10 Å². The van der Waals surface area contributed by atoms with E-state index in [0.717, 1.165) is 15.8 Å². The van der Waals surface area contributed by atoms with E-state index in [-0.39, 0.29) is 5.91 Å². The minimum Gasteiger partial charge on any atom is -0.296 e. The van der Waals surface area contributed by atoms with Crippen LogP contribution in [0.3, 0.4) is 0 Å². The van der Waals surface area contributed by atoms with Gasteiger partial charge in [-0.3, -0.25) is 19.8 Å². The molecule has 0 bridgehead atoms. The molecule has 3 aromatic rings. The maximum atomic E-state index is 12.1. The molecule has 1 amide bonds. The van der Waals surface area contributed by atoms with E-state index in [4.69, 9.17) is 0 Å². The molecule has 3 aromatic heterocycles. The van der Waals surface area contributed by atoms with Gasteiger partial charge in [-0.25, -0.2) is 4.98 Å². The average molecular weight is 273 g/mol. The molecule has 0 spiro atoms. The van der Waals surface area contributed by atoms with Crippen LogP contribution in [0, 0.1) is 6.92 Å². The van der Waals surface area contributed by atoms with Crippen LogP contribution >= 0.6 is 11.3 Å². The topological polar surface area (TPSA) is 72.7 Å². The number of nitrogens with zero attached hydrogens (tertiary/aromatic N) is 4. The van der Waals surface area contributed by atoms with Gasteiger partial charge in [-0.15, -0.1) is 0 Å².